The third-order valence-corrected chi connectivity index (χ3v) is 5.05. The van der Waals surface area contributed by atoms with Gasteiger partial charge < -0.3 is 9.67 Å². The first-order valence-corrected chi connectivity index (χ1v) is 9.75. The molecule has 0 spiro atoms. The normalized spacial score (nSPS) is 11.7. The van der Waals surface area contributed by atoms with Gasteiger partial charge in [-0.1, -0.05) is 49.7 Å². The third kappa shape index (κ3) is 3.26. The molecular formula is C22H21N5O3. The van der Waals surface area contributed by atoms with Crippen LogP contribution >= 0.6 is 0 Å². The smallest absolute Gasteiger partial charge is 0.316 e. The largest absolute Gasteiger partial charge is 0.493 e. The number of amides is 1. The minimum atomic E-state index is -0.688. The number of nitrogens with zero attached hydrogens (tertiary/aromatic N) is 5. The highest BCUT2D eigenvalue weighted by atomic mass is 16.3. The van der Waals surface area contributed by atoms with Gasteiger partial charge in [0.25, 0.3) is 5.56 Å². The second kappa shape index (κ2) is 7.90. The number of hydrogen-bond donors (Lipinski definition) is 1. The van der Waals surface area contributed by atoms with Gasteiger partial charge in [-0.3, -0.25) is 9.59 Å². The lowest BCUT2D eigenvalue weighted by molar-refractivity contribution is 0.0990. The van der Waals surface area contributed by atoms with Crippen molar-refractivity contribution >= 4 is 33.3 Å². The van der Waals surface area contributed by atoms with Gasteiger partial charge in [-0.05, 0) is 18.6 Å². The topological polar surface area (TPSA) is 102 Å². The molecule has 0 saturated carbocycles. The molecule has 0 unspecified atom stereocenters. The molecule has 0 saturated heterocycles. The van der Waals surface area contributed by atoms with Crippen molar-refractivity contribution in [1.82, 2.24) is 14.3 Å². The number of aryl methyl sites for hydroxylation is 2. The van der Waals surface area contributed by atoms with Crippen LogP contribution in [0.25, 0.3) is 21.7 Å². The molecule has 1 amide bonds. The molecule has 2 aromatic carbocycles. The van der Waals surface area contributed by atoms with Gasteiger partial charge in [0.1, 0.15) is 0 Å². The van der Waals surface area contributed by atoms with Crippen molar-refractivity contribution in [2.75, 3.05) is 0 Å². The fourth-order valence-corrected chi connectivity index (χ4v) is 3.51. The second-order valence-electron chi connectivity index (χ2n) is 7.02. The average Bonchev–Trinajstić information content (AvgIpc) is 3.03. The Balaban J connectivity index is 1.79. The molecule has 8 nitrogen and oxygen atoms in total. The molecule has 30 heavy (non-hydrogen) atoms. The summed E-state index contributed by atoms with van der Waals surface area (Å²) < 4.78 is 2.89. The summed E-state index contributed by atoms with van der Waals surface area (Å²) in [5, 5.41) is 24.2. The number of rotatable bonds is 5. The number of aromatic nitrogens is 3. The fourth-order valence-electron chi connectivity index (χ4n) is 3.51. The second-order valence-corrected chi connectivity index (χ2v) is 7.02. The maximum absolute atomic E-state index is 12.8. The van der Waals surface area contributed by atoms with Gasteiger partial charge in [0.05, 0.1) is 10.9 Å². The van der Waals surface area contributed by atoms with Crippen molar-refractivity contribution in [1.29, 1.82) is 0 Å². The highest BCUT2D eigenvalue weighted by Crippen LogP contribution is 2.39. The zero-order chi connectivity index (χ0) is 21.3. The van der Waals surface area contributed by atoms with Crippen molar-refractivity contribution in [2.24, 2.45) is 17.3 Å². The van der Waals surface area contributed by atoms with Crippen LogP contribution in [-0.2, 0) is 13.6 Å². The summed E-state index contributed by atoms with van der Waals surface area (Å²) in [7, 11) is 1.48. The monoisotopic (exact) mass is 403 g/mol. The van der Waals surface area contributed by atoms with E-state index in [2.05, 4.69) is 22.3 Å². The molecule has 0 fully saturated rings. The number of carbonyl (C=O) groups excluding carboxylic acids is 1. The SMILES string of the molecule is CCCCn1c(O)c(N=NC(=O)c2nn(C)c(=O)c3ccccc23)c2ccccc21. The predicted molar refractivity (Wildman–Crippen MR) is 114 cm³/mol. The Bertz CT molecular complexity index is 1350. The Morgan fingerprint density at radius 1 is 1.07 bits per heavy atom. The molecule has 2 aromatic heterocycles. The minimum Gasteiger partial charge on any atom is -0.493 e. The van der Waals surface area contributed by atoms with Crippen LogP contribution in [0.2, 0.25) is 0 Å². The van der Waals surface area contributed by atoms with E-state index in [1.807, 2.05) is 24.3 Å². The van der Waals surface area contributed by atoms with Gasteiger partial charge >= 0.3 is 5.91 Å². The fraction of sp³-hybridized carbons (Fsp3) is 0.227. The molecular weight excluding hydrogens is 382 g/mol. The summed E-state index contributed by atoms with van der Waals surface area (Å²) in [4.78, 5) is 25.1. The number of carbonyl (C=O) groups is 1. The Kier molecular flexibility index (Phi) is 5.14. The molecule has 1 N–H and O–H groups in total. The summed E-state index contributed by atoms with van der Waals surface area (Å²) in [5.41, 5.74) is 0.807. The molecule has 2 heterocycles. The number of azo groups is 1. The maximum atomic E-state index is 12.8. The molecule has 8 heteroatoms. The van der Waals surface area contributed by atoms with Crippen molar-refractivity contribution in [3.05, 3.63) is 64.6 Å². The van der Waals surface area contributed by atoms with Crippen LogP contribution in [0, 0.1) is 0 Å². The van der Waals surface area contributed by atoms with E-state index in [0.717, 1.165) is 23.0 Å². The van der Waals surface area contributed by atoms with Gasteiger partial charge in [-0.15, -0.1) is 10.2 Å². The van der Waals surface area contributed by atoms with Crippen molar-refractivity contribution in [3.63, 3.8) is 0 Å². The van der Waals surface area contributed by atoms with Crippen LogP contribution in [0.1, 0.15) is 30.3 Å². The lowest BCUT2D eigenvalue weighted by Gasteiger charge is -2.05. The predicted octanol–water partition coefficient (Wildman–Crippen LogP) is 4.32. The summed E-state index contributed by atoms with van der Waals surface area (Å²) >= 11 is 0. The molecule has 152 valence electrons. The molecule has 0 aliphatic rings. The van der Waals surface area contributed by atoms with Crippen LogP contribution < -0.4 is 5.56 Å². The number of para-hydroxylation sites is 1. The number of benzene rings is 2. The van der Waals surface area contributed by atoms with Crippen LogP contribution in [0.15, 0.2) is 63.6 Å². The van der Waals surface area contributed by atoms with Gasteiger partial charge in [0, 0.05) is 24.4 Å². The zero-order valence-electron chi connectivity index (χ0n) is 16.7. The van der Waals surface area contributed by atoms with E-state index in [4.69, 9.17) is 0 Å². The molecule has 0 atom stereocenters. The van der Waals surface area contributed by atoms with Crippen molar-refractivity contribution in [2.45, 2.75) is 26.3 Å². The lowest BCUT2D eigenvalue weighted by atomic mass is 10.1. The lowest BCUT2D eigenvalue weighted by Crippen LogP contribution is -2.22. The third-order valence-electron chi connectivity index (χ3n) is 5.05. The Labute approximate surface area is 172 Å². The van der Waals surface area contributed by atoms with Crippen molar-refractivity contribution in [3.8, 4) is 5.88 Å². The van der Waals surface area contributed by atoms with Crippen LogP contribution in [-0.4, -0.2) is 25.4 Å². The first-order valence-electron chi connectivity index (χ1n) is 9.75. The molecule has 4 aromatic rings. The van der Waals surface area contributed by atoms with E-state index in [1.165, 1.54) is 7.05 Å². The summed E-state index contributed by atoms with van der Waals surface area (Å²) in [5.74, 6) is -0.717. The van der Waals surface area contributed by atoms with E-state index in [1.54, 1.807) is 28.8 Å². The van der Waals surface area contributed by atoms with Crippen LogP contribution in [0.3, 0.4) is 0 Å². The average molecular weight is 403 g/mol. The van der Waals surface area contributed by atoms with Crippen molar-refractivity contribution < 1.29 is 9.90 Å². The summed E-state index contributed by atoms with van der Waals surface area (Å²) in [6.07, 6.45) is 1.88. The van der Waals surface area contributed by atoms with E-state index in [9.17, 15) is 14.7 Å². The van der Waals surface area contributed by atoms with Crippen LogP contribution in [0.5, 0.6) is 5.88 Å². The first kappa shape index (κ1) is 19.5. The molecule has 0 aliphatic carbocycles. The standard InChI is InChI=1S/C22H21N5O3/c1-3-4-13-27-17-12-8-7-11-16(17)19(22(27)30)23-24-20(28)18-14-9-5-6-10-15(14)21(29)26(2)25-18/h5-12,30H,3-4,13H2,1-2H3. The van der Waals surface area contributed by atoms with Gasteiger partial charge in [0.15, 0.2) is 11.4 Å². The molecule has 0 bridgehead atoms. The Morgan fingerprint density at radius 3 is 2.47 bits per heavy atom. The molecule has 0 radical (unpaired) electrons. The quantitative estimate of drug-likeness (QED) is 0.501. The van der Waals surface area contributed by atoms with Gasteiger partial charge in [-0.2, -0.15) is 5.10 Å². The van der Waals surface area contributed by atoms with Crippen LogP contribution in [0.4, 0.5) is 5.69 Å². The van der Waals surface area contributed by atoms with E-state index in [-0.39, 0.29) is 22.8 Å². The highest BCUT2D eigenvalue weighted by Gasteiger charge is 2.18. The van der Waals surface area contributed by atoms with E-state index >= 15 is 0 Å². The number of unbranched alkanes of at least 4 members (excludes halogenated alkanes) is 1. The van der Waals surface area contributed by atoms with Gasteiger partial charge in [-0.25, -0.2) is 4.68 Å². The number of hydrogen-bond acceptors (Lipinski definition) is 5. The minimum absolute atomic E-state index is 0.0283. The molecule has 0 aliphatic heterocycles. The number of fused-ring (bicyclic) bond motifs is 2. The summed E-state index contributed by atoms with van der Waals surface area (Å²) in [6.45, 7) is 2.71. The Morgan fingerprint density at radius 2 is 1.73 bits per heavy atom. The maximum Gasteiger partial charge on any atom is 0.316 e. The van der Waals surface area contributed by atoms with E-state index < -0.39 is 5.91 Å². The van der Waals surface area contributed by atoms with Gasteiger partial charge in [0.2, 0.25) is 5.88 Å². The summed E-state index contributed by atoms with van der Waals surface area (Å²) in [6, 6.07) is 14.2. The first-order chi connectivity index (χ1) is 14.5. The molecule has 4 rings (SSSR count). The Hall–Kier alpha value is -3.81. The number of aromatic hydroxyl groups is 1. The van der Waals surface area contributed by atoms with E-state index in [0.29, 0.717) is 22.7 Å². The highest BCUT2D eigenvalue weighted by molar-refractivity contribution is 6.05. The zero-order valence-corrected chi connectivity index (χ0v) is 16.7.